The number of halogens is 2. The van der Waals surface area contributed by atoms with E-state index in [0.717, 1.165) is 39.6 Å². The lowest BCUT2D eigenvalue weighted by Gasteiger charge is -2.24. The Morgan fingerprint density at radius 3 is 2.55 bits per heavy atom. The molecule has 2 aromatic heterocycles. The van der Waals surface area contributed by atoms with Crippen molar-refractivity contribution in [2.24, 2.45) is 0 Å². The maximum absolute atomic E-state index is 12.7. The predicted octanol–water partition coefficient (Wildman–Crippen LogP) is 6.37. The van der Waals surface area contributed by atoms with Gasteiger partial charge in [0, 0.05) is 40.4 Å². The molecule has 0 radical (unpaired) electrons. The average Bonchev–Trinajstić information content (AvgIpc) is 3.50. The van der Waals surface area contributed by atoms with E-state index in [-0.39, 0.29) is 11.6 Å². The van der Waals surface area contributed by atoms with Crippen LogP contribution in [0.4, 0.5) is 0 Å². The molecule has 4 nitrogen and oxygen atoms in total. The third-order valence-electron chi connectivity index (χ3n) is 6.43. The molecule has 1 aliphatic heterocycles. The molecule has 0 amide bonds. The van der Waals surface area contributed by atoms with Crippen molar-refractivity contribution in [1.29, 1.82) is 0 Å². The highest BCUT2D eigenvalue weighted by molar-refractivity contribution is 6.31. The molecule has 3 aromatic carbocycles. The lowest BCUT2D eigenvalue weighted by atomic mass is 9.88. The second kappa shape index (κ2) is 7.91. The monoisotopic (exact) mass is 471 g/mol. The van der Waals surface area contributed by atoms with Crippen LogP contribution in [0, 0.1) is 0 Å². The average molecular weight is 472 g/mol. The summed E-state index contributed by atoms with van der Waals surface area (Å²) in [6, 6.07) is 21.5. The molecule has 1 aliphatic rings. The van der Waals surface area contributed by atoms with Crippen molar-refractivity contribution in [3.8, 4) is 11.1 Å². The van der Waals surface area contributed by atoms with Crippen LogP contribution in [0.25, 0.3) is 22.0 Å². The zero-order valence-electron chi connectivity index (χ0n) is 17.6. The Labute approximate surface area is 200 Å². The Morgan fingerprint density at radius 1 is 0.939 bits per heavy atom. The summed E-state index contributed by atoms with van der Waals surface area (Å²) in [5.74, 6) is 0. The first-order valence-electron chi connectivity index (χ1n) is 10.8. The fraction of sp³-hybridized carbons (Fsp3) is 0.111. The van der Waals surface area contributed by atoms with Gasteiger partial charge in [-0.25, -0.2) is 4.98 Å². The quantitative estimate of drug-likeness (QED) is 0.305. The normalized spacial score (nSPS) is 13.5. The summed E-state index contributed by atoms with van der Waals surface area (Å²) in [5, 5.41) is 2.44. The van der Waals surface area contributed by atoms with E-state index in [1.807, 2.05) is 53.5 Å². The number of pyridine rings is 1. The molecule has 0 saturated carbocycles. The fourth-order valence-corrected chi connectivity index (χ4v) is 5.32. The van der Waals surface area contributed by atoms with E-state index in [9.17, 15) is 4.79 Å². The number of aryl methyl sites for hydroxylation is 2. The van der Waals surface area contributed by atoms with Crippen LogP contribution < -0.4 is 5.56 Å². The summed E-state index contributed by atoms with van der Waals surface area (Å²) >= 11 is 12.6. The van der Waals surface area contributed by atoms with Gasteiger partial charge in [0.1, 0.15) is 0 Å². The van der Waals surface area contributed by atoms with Crippen molar-refractivity contribution in [2.75, 3.05) is 0 Å². The first-order chi connectivity index (χ1) is 16.1. The van der Waals surface area contributed by atoms with Gasteiger partial charge in [0.2, 0.25) is 0 Å². The molecule has 33 heavy (non-hydrogen) atoms. The van der Waals surface area contributed by atoms with Gasteiger partial charge in [-0.05, 0) is 70.6 Å². The molecule has 5 aromatic rings. The number of nitrogens with zero attached hydrogens (tertiary/aromatic N) is 3. The number of hydrogen-bond acceptors (Lipinski definition) is 2. The van der Waals surface area contributed by atoms with Gasteiger partial charge in [-0.3, -0.25) is 4.79 Å². The van der Waals surface area contributed by atoms with Crippen molar-refractivity contribution in [3.63, 3.8) is 0 Å². The van der Waals surface area contributed by atoms with Crippen molar-refractivity contribution < 1.29 is 0 Å². The molecule has 0 fully saturated rings. The fourth-order valence-electron chi connectivity index (χ4n) is 5.01. The van der Waals surface area contributed by atoms with Gasteiger partial charge in [-0.1, -0.05) is 47.5 Å². The van der Waals surface area contributed by atoms with E-state index < -0.39 is 0 Å². The molecule has 0 aliphatic carbocycles. The van der Waals surface area contributed by atoms with E-state index in [1.54, 1.807) is 12.3 Å². The van der Waals surface area contributed by atoms with Gasteiger partial charge < -0.3 is 9.13 Å². The molecule has 0 bridgehead atoms. The van der Waals surface area contributed by atoms with Gasteiger partial charge in [-0.2, -0.15) is 0 Å². The van der Waals surface area contributed by atoms with Gasteiger partial charge in [0.25, 0.3) is 5.56 Å². The molecule has 6 heteroatoms. The summed E-state index contributed by atoms with van der Waals surface area (Å²) in [5.41, 5.74) is 6.56. The maximum Gasteiger partial charge on any atom is 0.251 e. The highest BCUT2D eigenvalue weighted by atomic mass is 35.5. The number of imidazole rings is 1. The molecule has 6 rings (SSSR count). The lowest BCUT2D eigenvalue weighted by molar-refractivity contribution is 0.667. The number of benzene rings is 3. The van der Waals surface area contributed by atoms with Crippen molar-refractivity contribution in [2.45, 2.75) is 19.0 Å². The van der Waals surface area contributed by atoms with Crippen LogP contribution in [0.2, 0.25) is 10.0 Å². The molecule has 1 atom stereocenters. The number of hydrogen-bond donors (Lipinski definition) is 0. The summed E-state index contributed by atoms with van der Waals surface area (Å²) < 4.78 is 4.00. The molecular weight excluding hydrogens is 453 g/mol. The Balaban J connectivity index is 1.71. The third kappa shape index (κ3) is 3.38. The zero-order chi connectivity index (χ0) is 22.5. The highest BCUT2D eigenvalue weighted by Gasteiger charge is 2.27. The van der Waals surface area contributed by atoms with Gasteiger partial charge in [0.15, 0.2) is 0 Å². The minimum atomic E-state index is -0.107. The first kappa shape index (κ1) is 20.3. The minimum absolute atomic E-state index is 0.0288. The lowest BCUT2D eigenvalue weighted by Crippen LogP contribution is -2.16. The second-order valence-electron chi connectivity index (χ2n) is 8.30. The van der Waals surface area contributed by atoms with Crippen LogP contribution in [0.3, 0.4) is 0 Å². The summed E-state index contributed by atoms with van der Waals surface area (Å²) in [7, 11) is 0. The van der Waals surface area contributed by atoms with Crippen LogP contribution in [0.1, 0.15) is 22.7 Å². The van der Waals surface area contributed by atoms with E-state index in [1.165, 1.54) is 5.56 Å². The van der Waals surface area contributed by atoms with Crippen LogP contribution in [0.15, 0.2) is 90.2 Å². The minimum Gasteiger partial charge on any atom is -0.326 e. The van der Waals surface area contributed by atoms with Crippen LogP contribution in [-0.2, 0) is 13.0 Å². The molecule has 0 N–H and O–H groups in total. The summed E-state index contributed by atoms with van der Waals surface area (Å²) in [6.45, 7) is 0.675. The van der Waals surface area contributed by atoms with E-state index in [4.69, 9.17) is 23.2 Å². The topological polar surface area (TPSA) is 39.8 Å². The Morgan fingerprint density at radius 2 is 1.79 bits per heavy atom. The summed E-state index contributed by atoms with van der Waals surface area (Å²) in [6.07, 6.45) is 6.40. The van der Waals surface area contributed by atoms with Crippen LogP contribution in [0.5, 0.6) is 0 Å². The second-order valence-corrected chi connectivity index (χ2v) is 9.17. The molecular formula is C27H19Cl2N3O. The van der Waals surface area contributed by atoms with Crippen LogP contribution in [-0.4, -0.2) is 14.1 Å². The van der Waals surface area contributed by atoms with Crippen molar-refractivity contribution in [1.82, 2.24) is 14.1 Å². The molecule has 0 saturated heterocycles. The zero-order valence-corrected chi connectivity index (χ0v) is 19.1. The predicted molar refractivity (Wildman–Crippen MR) is 133 cm³/mol. The number of rotatable bonds is 4. The molecule has 1 unspecified atom stereocenters. The smallest absolute Gasteiger partial charge is 0.251 e. The third-order valence-corrected chi connectivity index (χ3v) is 6.92. The summed E-state index contributed by atoms with van der Waals surface area (Å²) in [4.78, 5) is 17.0. The van der Waals surface area contributed by atoms with E-state index in [2.05, 4.69) is 33.8 Å². The molecule has 0 spiro atoms. The van der Waals surface area contributed by atoms with E-state index in [0.29, 0.717) is 16.6 Å². The maximum atomic E-state index is 12.7. The van der Waals surface area contributed by atoms with Gasteiger partial charge in [-0.15, -0.1) is 0 Å². The standard InChI is InChI=1S/C27H19Cl2N3O/c28-19-6-4-17(5-7-19)26(31-13-11-30-16-31)24-15-23(18-2-1-3-20(29)14-18)21-8-9-25(33)32-12-10-22(24)27(21)32/h1-9,11,13-16,26H,10,12H2. The SMILES string of the molecule is O=c1ccc2c(-c3cccc(Cl)c3)cc(C(c3ccc(Cl)cc3)n3ccnc3)c3c2n1CC3. The highest BCUT2D eigenvalue weighted by Crippen LogP contribution is 2.41. The van der Waals surface area contributed by atoms with Crippen molar-refractivity contribution >= 4 is 34.1 Å². The Kier molecular flexibility index (Phi) is 4.86. The molecule has 162 valence electrons. The van der Waals surface area contributed by atoms with Gasteiger partial charge >= 0.3 is 0 Å². The van der Waals surface area contributed by atoms with Crippen molar-refractivity contribution in [3.05, 3.63) is 123 Å². The largest absolute Gasteiger partial charge is 0.326 e. The van der Waals surface area contributed by atoms with Gasteiger partial charge in [0.05, 0.1) is 17.9 Å². The Bertz CT molecular complexity index is 1550. The van der Waals surface area contributed by atoms with E-state index >= 15 is 0 Å². The Hall–Kier alpha value is -3.34. The number of aromatic nitrogens is 3. The first-order valence-corrected chi connectivity index (χ1v) is 11.5. The molecule has 3 heterocycles. The van der Waals surface area contributed by atoms with Crippen LogP contribution >= 0.6 is 23.2 Å².